The quantitative estimate of drug-likeness (QED) is 0.789. The summed E-state index contributed by atoms with van der Waals surface area (Å²) in [4.78, 5) is 22.8. The van der Waals surface area contributed by atoms with Gasteiger partial charge in [-0.1, -0.05) is 20.8 Å². The maximum absolute atomic E-state index is 13.1. The molecule has 0 spiro atoms. The average molecular weight is 282 g/mol. The van der Waals surface area contributed by atoms with E-state index in [9.17, 15) is 14.0 Å². The van der Waals surface area contributed by atoms with Crippen molar-refractivity contribution in [3.8, 4) is 0 Å². The van der Waals surface area contributed by atoms with Crippen LogP contribution in [0.1, 0.15) is 37.6 Å². The Balaban J connectivity index is 2.86. The van der Waals surface area contributed by atoms with E-state index in [-0.39, 0.29) is 29.1 Å². The number of carboxylic acids is 1. The van der Waals surface area contributed by atoms with Gasteiger partial charge in [0, 0.05) is 12.5 Å². The lowest BCUT2D eigenvalue weighted by Gasteiger charge is -2.26. The molecule has 0 aliphatic carbocycles. The van der Waals surface area contributed by atoms with Crippen molar-refractivity contribution >= 4 is 17.6 Å². The molecule has 0 saturated carbocycles. The maximum atomic E-state index is 13.1. The van der Waals surface area contributed by atoms with Gasteiger partial charge in [-0.3, -0.25) is 4.79 Å². The van der Waals surface area contributed by atoms with E-state index in [1.54, 1.807) is 0 Å². The fourth-order valence-corrected chi connectivity index (χ4v) is 1.51. The van der Waals surface area contributed by atoms with Crippen molar-refractivity contribution in [2.24, 2.45) is 11.1 Å². The Bertz CT molecular complexity index is 524. The number of anilines is 1. The normalized spacial score (nSPS) is 12.8. The van der Waals surface area contributed by atoms with Crippen molar-refractivity contribution in [1.82, 2.24) is 0 Å². The van der Waals surface area contributed by atoms with Crippen LogP contribution in [-0.4, -0.2) is 23.0 Å². The molecule has 0 heterocycles. The van der Waals surface area contributed by atoms with E-state index in [0.29, 0.717) is 0 Å². The van der Waals surface area contributed by atoms with Gasteiger partial charge in [-0.15, -0.1) is 0 Å². The molecule has 4 N–H and O–H groups in total. The number of nitrogens with one attached hydrogen (secondary N) is 1. The third kappa shape index (κ3) is 4.31. The number of carbonyl (C=O) groups excluding carboxylic acids is 1. The molecule has 110 valence electrons. The van der Waals surface area contributed by atoms with Gasteiger partial charge in [-0.2, -0.15) is 0 Å². The van der Waals surface area contributed by atoms with Crippen LogP contribution in [0, 0.1) is 11.2 Å². The molecular formula is C14H19FN2O3. The zero-order chi connectivity index (χ0) is 15.5. The summed E-state index contributed by atoms with van der Waals surface area (Å²) >= 11 is 0. The van der Waals surface area contributed by atoms with Crippen molar-refractivity contribution in [1.29, 1.82) is 0 Å². The van der Waals surface area contributed by atoms with Crippen molar-refractivity contribution in [2.45, 2.75) is 33.2 Å². The third-order valence-electron chi connectivity index (χ3n) is 3.00. The number of hydrogen-bond donors (Lipinski definition) is 3. The topological polar surface area (TPSA) is 92.4 Å². The summed E-state index contributed by atoms with van der Waals surface area (Å²) in [5, 5.41) is 11.4. The fourth-order valence-electron chi connectivity index (χ4n) is 1.51. The first kappa shape index (κ1) is 16.1. The van der Waals surface area contributed by atoms with Crippen molar-refractivity contribution in [2.75, 3.05) is 5.32 Å². The van der Waals surface area contributed by atoms with Crippen LogP contribution in [0.2, 0.25) is 0 Å². The van der Waals surface area contributed by atoms with Gasteiger partial charge in [-0.25, -0.2) is 9.18 Å². The number of rotatable bonds is 4. The Labute approximate surface area is 117 Å². The van der Waals surface area contributed by atoms with Crippen LogP contribution in [0.5, 0.6) is 0 Å². The summed E-state index contributed by atoms with van der Waals surface area (Å²) < 4.78 is 13.1. The lowest BCUT2D eigenvalue weighted by molar-refractivity contribution is -0.117. The lowest BCUT2D eigenvalue weighted by atomic mass is 9.85. The Morgan fingerprint density at radius 2 is 2.00 bits per heavy atom. The van der Waals surface area contributed by atoms with Gasteiger partial charge in [0.05, 0.1) is 11.3 Å². The zero-order valence-corrected chi connectivity index (χ0v) is 11.7. The Kier molecular flexibility index (Phi) is 4.83. The number of halogens is 1. The number of aromatic carboxylic acids is 1. The SMILES string of the molecule is CC(C)(C)C(N)CC(=O)Nc1cc(F)ccc1C(=O)O. The minimum Gasteiger partial charge on any atom is -0.478 e. The van der Waals surface area contributed by atoms with Gasteiger partial charge in [-0.05, 0) is 23.6 Å². The third-order valence-corrected chi connectivity index (χ3v) is 3.00. The van der Waals surface area contributed by atoms with Gasteiger partial charge in [0.1, 0.15) is 5.82 Å². The molecule has 0 fully saturated rings. The summed E-state index contributed by atoms with van der Waals surface area (Å²) in [6, 6.07) is 2.73. The van der Waals surface area contributed by atoms with E-state index >= 15 is 0 Å². The van der Waals surface area contributed by atoms with Crippen molar-refractivity contribution < 1.29 is 19.1 Å². The molecule has 0 radical (unpaired) electrons. The Morgan fingerprint density at radius 1 is 1.40 bits per heavy atom. The number of hydrogen-bond acceptors (Lipinski definition) is 3. The Morgan fingerprint density at radius 3 is 2.50 bits per heavy atom. The molecule has 1 atom stereocenters. The highest BCUT2D eigenvalue weighted by Gasteiger charge is 2.24. The van der Waals surface area contributed by atoms with E-state index in [0.717, 1.165) is 18.2 Å². The summed E-state index contributed by atoms with van der Waals surface area (Å²) in [6.07, 6.45) is 0.0269. The van der Waals surface area contributed by atoms with Crippen LogP contribution in [0.4, 0.5) is 10.1 Å². The number of benzene rings is 1. The largest absolute Gasteiger partial charge is 0.478 e. The molecule has 0 aliphatic rings. The highest BCUT2D eigenvalue weighted by atomic mass is 19.1. The number of carboxylic acid groups (broad SMARTS) is 1. The predicted molar refractivity (Wildman–Crippen MR) is 74.0 cm³/mol. The first-order valence-electron chi connectivity index (χ1n) is 6.19. The number of nitrogens with two attached hydrogens (primary N) is 1. The summed E-state index contributed by atoms with van der Waals surface area (Å²) in [5.74, 6) is -2.30. The molecule has 1 amide bonds. The van der Waals surface area contributed by atoms with E-state index in [4.69, 9.17) is 10.8 Å². The van der Waals surface area contributed by atoms with Gasteiger partial charge in [0.15, 0.2) is 0 Å². The molecule has 20 heavy (non-hydrogen) atoms. The van der Waals surface area contributed by atoms with E-state index < -0.39 is 17.7 Å². The Hall–Kier alpha value is -1.95. The van der Waals surface area contributed by atoms with Gasteiger partial charge < -0.3 is 16.2 Å². The van der Waals surface area contributed by atoms with Crippen LogP contribution in [0.15, 0.2) is 18.2 Å². The van der Waals surface area contributed by atoms with Crippen LogP contribution in [0.3, 0.4) is 0 Å². The second-order valence-corrected chi connectivity index (χ2v) is 5.72. The van der Waals surface area contributed by atoms with Crippen LogP contribution >= 0.6 is 0 Å². The van der Waals surface area contributed by atoms with E-state index in [1.165, 1.54) is 0 Å². The van der Waals surface area contributed by atoms with Gasteiger partial charge in [0.25, 0.3) is 0 Å². The predicted octanol–water partition coefficient (Wildman–Crippen LogP) is 2.23. The molecule has 6 heteroatoms. The number of amides is 1. The fraction of sp³-hybridized carbons (Fsp3) is 0.429. The second-order valence-electron chi connectivity index (χ2n) is 5.72. The molecule has 1 aromatic rings. The maximum Gasteiger partial charge on any atom is 0.337 e. The lowest BCUT2D eigenvalue weighted by Crippen LogP contribution is -2.38. The smallest absolute Gasteiger partial charge is 0.337 e. The molecule has 1 unspecified atom stereocenters. The van der Waals surface area contributed by atoms with E-state index in [1.807, 2.05) is 20.8 Å². The molecule has 0 aliphatic heterocycles. The average Bonchev–Trinajstić information content (AvgIpc) is 2.26. The van der Waals surface area contributed by atoms with Gasteiger partial charge in [0.2, 0.25) is 5.91 Å². The monoisotopic (exact) mass is 282 g/mol. The van der Waals surface area contributed by atoms with Crippen molar-refractivity contribution in [3.63, 3.8) is 0 Å². The second kappa shape index (κ2) is 6.00. The minimum atomic E-state index is -1.24. The highest BCUT2D eigenvalue weighted by molar-refractivity contribution is 6.00. The molecule has 1 aromatic carbocycles. The first-order valence-corrected chi connectivity index (χ1v) is 6.19. The van der Waals surface area contributed by atoms with Gasteiger partial charge >= 0.3 is 5.97 Å². The summed E-state index contributed by atoms with van der Waals surface area (Å²) in [6.45, 7) is 5.70. The number of carbonyl (C=O) groups is 2. The first-order chi connectivity index (χ1) is 9.11. The van der Waals surface area contributed by atoms with Crippen LogP contribution in [-0.2, 0) is 4.79 Å². The van der Waals surface area contributed by atoms with Crippen LogP contribution < -0.4 is 11.1 Å². The highest BCUT2D eigenvalue weighted by Crippen LogP contribution is 2.21. The zero-order valence-electron chi connectivity index (χ0n) is 11.7. The van der Waals surface area contributed by atoms with Crippen molar-refractivity contribution in [3.05, 3.63) is 29.6 Å². The van der Waals surface area contributed by atoms with E-state index in [2.05, 4.69) is 5.32 Å². The summed E-state index contributed by atoms with van der Waals surface area (Å²) in [5.41, 5.74) is 5.40. The molecular weight excluding hydrogens is 263 g/mol. The molecule has 0 saturated heterocycles. The molecule has 1 rings (SSSR count). The molecule has 0 aromatic heterocycles. The molecule has 5 nitrogen and oxygen atoms in total. The summed E-state index contributed by atoms with van der Waals surface area (Å²) in [7, 11) is 0. The van der Waals surface area contributed by atoms with Crippen LogP contribution in [0.25, 0.3) is 0 Å². The molecule has 0 bridgehead atoms. The minimum absolute atomic E-state index is 0.0269. The standard InChI is InChI=1S/C14H19FN2O3/c1-14(2,3)11(16)7-12(18)17-10-6-8(15)4-5-9(10)13(19)20/h4-6,11H,7,16H2,1-3H3,(H,17,18)(H,19,20).